The summed E-state index contributed by atoms with van der Waals surface area (Å²) in [6, 6.07) is 0.202. The Kier molecular flexibility index (Phi) is 4.54. The van der Waals surface area contributed by atoms with Crippen molar-refractivity contribution in [3.05, 3.63) is 0 Å². The van der Waals surface area contributed by atoms with Crippen molar-refractivity contribution in [2.75, 3.05) is 19.7 Å². The fraction of sp³-hybridized carbons (Fsp3) is 0.909. The first-order valence-electron chi connectivity index (χ1n) is 5.67. The average Bonchev–Trinajstić information content (AvgIpc) is 2.55. The van der Waals surface area contributed by atoms with E-state index in [0.29, 0.717) is 12.5 Å². The van der Waals surface area contributed by atoms with E-state index in [1.165, 1.54) is 0 Å². The van der Waals surface area contributed by atoms with E-state index in [-0.39, 0.29) is 24.7 Å². The summed E-state index contributed by atoms with van der Waals surface area (Å²) in [5.74, 6) is 0.585. The van der Waals surface area contributed by atoms with Crippen LogP contribution >= 0.6 is 0 Å². The second-order valence-corrected chi connectivity index (χ2v) is 4.52. The van der Waals surface area contributed by atoms with Gasteiger partial charge in [-0.15, -0.1) is 0 Å². The second kappa shape index (κ2) is 5.47. The molecule has 0 radical (unpaired) electrons. The third kappa shape index (κ3) is 3.18. The average molecular weight is 214 g/mol. The molecule has 0 aromatic carbocycles. The van der Waals surface area contributed by atoms with Gasteiger partial charge in [-0.3, -0.25) is 4.79 Å². The van der Waals surface area contributed by atoms with Gasteiger partial charge in [-0.1, -0.05) is 6.92 Å². The molecular formula is C11H22N2O2. The van der Waals surface area contributed by atoms with Gasteiger partial charge in [0, 0.05) is 19.1 Å². The lowest BCUT2D eigenvalue weighted by Crippen LogP contribution is -2.44. The number of nitrogens with zero attached hydrogens (tertiary/aromatic N) is 1. The monoisotopic (exact) mass is 214 g/mol. The summed E-state index contributed by atoms with van der Waals surface area (Å²) in [7, 11) is 0. The number of ether oxygens (including phenoxy) is 1. The zero-order valence-electron chi connectivity index (χ0n) is 9.90. The van der Waals surface area contributed by atoms with E-state index in [4.69, 9.17) is 10.5 Å². The minimum Gasteiger partial charge on any atom is -0.369 e. The van der Waals surface area contributed by atoms with Gasteiger partial charge in [0.2, 0.25) is 5.91 Å². The van der Waals surface area contributed by atoms with E-state index < -0.39 is 0 Å². The van der Waals surface area contributed by atoms with Crippen molar-refractivity contribution in [3.8, 4) is 0 Å². The highest BCUT2D eigenvalue weighted by molar-refractivity contribution is 5.78. The standard InChI is InChI=1S/C11H22N2O2/c1-8(2)15-7-11(14)13-5-4-9(3)10(13)6-12/h8-10H,4-7,12H2,1-3H3. The van der Waals surface area contributed by atoms with E-state index in [0.717, 1.165) is 13.0 Å². The lowest BCUT2D eigenvalue weighted by molar-refractivity contribution is -0.138. The number of carbonyl (C=O) groups excluding carboxylic acids is 1. The maximum Gasteiger partial charge on any atom is 0.248 e. The Hall–Kier alpha value is -0.610. The van der Waals surface area contributed by atoms with Crippen molar-refractivity contribution in [2.24, 2.45) is 11.7 Å². The quantitative estimate of drug-likeness (QED) is 0.746. The van der Waals surface area contributed by atoms with Gasteiger partial charge in [-0.25, -0.2) is 0 Å². The van der Waals surface area contributed by atoms with E-state index in [9.17, 15) is 4.79 Å². The molecule has 4 nitrogen and oxygen atoms in total. The Labute approximate surface area is 91.8 Å². The fourth-order valence-electron chi connectivity index (χ4n) is 2.00. The smallest absolute Gasteiger partial charge is 0.248 e. The van der Waals surface area contributed by atoms with Crippen LogP contribution in [-0.2, 0) is 9.53 Å². The molecule has 88 valence electrons. The Morgan fingerprint density at radius 3 is 2.80 bits per heavy atom. The van der Waals surface area contributed by atoms with Gasteiger partial charge >= 0.3 is 0 Å². The number of rotatable bonds is 4. The normalized spacial score (nSPS) is 26.3. The molecule has 1 saturated heterocycles. The summed E-state index contributed by atoms with van der Waals surface area (Å²) in [4.78, 5) is 13.7. The molecule has 15 heavy (non-hydrogen) atoms. The topological polar surface area (TPSA) is 55.6 Å². The molecule has 0 saturated carbocycles. The van der Waals surface area contributed by atoms with E-state index in [1.54, 1.807) is 0 Å². The molecule has 0 aliphatic carbocycles. The summed E-state index contributed by atoms with van der Waals surface area (Å²) in [6.45, 7) is 7.56. The second-order valence-electron chi connectivity index (χ2n) is 4.52. The largest absolute Gasteiger partial charge is 0.369 e. The van der Waals surface area contributed by atoms with Crippen LogP contribution in [0.3, 0.4) is 0 Å². The third-order valence-electron chi connectivity index (χ3n) is 2.98. The summed E-state index contributed by atoms with van der Waals surface area (Å²) in [5, 5.41) is 0. The van der Waals surface area contributed by atoms with Crippen LogP contribution in [-0.4, -0.2) is 42.6 Å². The molecule has 2 unspecified atom stereocenters. The Morgan fingerprint density at radius 1 is 1.60 bits per heavy atom. The molecule has 1 amide bonds. The van der Waals surface area contributed by atoms with Crippen molar-refractivity contribution in [1.29, 1.82) is 0 Å². The molecule has 1 aliphatic rings. The SMILES string of the molecule is CC(C)OCC(=O)N1CCC(C)C1CN. The van der Waals surface area contributed by atoms with Crippen LogP contribution in [0.2, 0.25) is 0 Å². The van der Waals surface area contributed by atoms with Crippen LogP contribution < -0.4 is 5.73 Å². The van der Waals surface area contributed by atoms with Gasteiger partial charge in [-0.05, 0) is 26.2 Å². The number of hydrogen-bond donors (Lipinski definition) is 1. The first-order chi connectivity index (χ1) is 7.06. The number of amides is 1. The van der Waals surface area contributed by atoms with Crippen LogP contribution in [0, 0.1) is 5.92 Å². The van der Waals surface area contributed by atoms with E-state index in [2.05, 4.69) is 6.92 Å². The minimum atomic E-state index is 0.0727. The lowest BCUT2D eigenvalue weighted by Gasteiger charge is -2.26. The molecule has 4 heteroatoms. The summed E-state index contributed by atoms with van der Waals surface area (Å²) >= 11 is 0. The minimum absolute atomic E-state index is 0.0727. The Morgan fingerprint density at radius 2 is 2.27 bits per heavy atom. The zero-order chi connectivity index (χ0) is 11.4. The van der Waals surface area contributed by atoms with Crippen LogP contribution in [0.1, 0.15) is 27.2 Å². The Balaban J connectivity index is 2.45. The molecule has 0 aromatic rings. The molecule has 1 heterocycles. The number of likely N-dealkylation sites (tertiary alicyclic amines) is 1. The molecule has 0 bridgehead atoms. The van der Waals surface area contributed by atoms with E-state index in [1.807, 2.05) is 18.7 Å². The highest BCUT2D eigenvalue weighted by Gasteiger charge is 2.33. The van der Waals surface area contributed by atoms with Crippen molar-refractivity contribution in [3.63, 3.8) is 0 Å². The zero-order valence-corrected chi connectivity index (χ0v) is 9.90. The van der Waals surface area contributed by atoms with Crippen molar-refractivity contribution >= 4 is 5.91 Å². The van der Waals surface area contributed by atoms with Gasteiger partial charge in [0.15, 0.2) is 0 Å². The number of nitrogens with two attached hydrogens (primary N) is 1. The summed E-state index contributed by atoms with van der Waals surface area (Å²) < 4.78 is 5.31. The number of carbonyl (C=O) groups is 1. The summed E-state index contributed by atoms with van der Waals surface area (Å²) in [6.07, 6.45) is 1.15. The predicted molar refractivity (Wildman–Crippen MR) is 59.4 cm³/mol. The molecule has 0 spiro atoms. The lowest BCUT2D eigenvalue weighted by atomic mass is 10.0. The van der Waals surface area contributed by atoms with Gasteiger partial charge < -0.3 is 15.4 Å². The maximum absolute atomic E-state index is 11.8. The van der Waals surface area contributed by atoms with Crippen molar-refractivity contribution in [1.82, 2.24) is 4.90 Å². The summed E-state index contributed by atoms with van der Waals surface area (Å²) in [5.41, 5.74) is 5.67. The highest BCUT2D eigenvalue weighted by Crippen LogP contribution is 2.23. The number of hydrogen-bond acceptors (Lipinski definition) is 3. The van der Waals surface area contributed by atoms with E-state index >= 15 is 0 Å². The van der Waals surface area contributed by atoms with Gasteiger partial charge in [0.05, 0.1) is 6.10 Å². The first kappa shape index (κ1) is 12.5. The van der Waals surface area contributed by atoms with Crippen LogP contribution in [0.15, 0.2) is 0 Å². The highest BCUT2D eigenvalue weighted by atomic mass is 16.5. The molecular weight excluding hydrogens is 192 g/mol. The van der Waals surface area contributed by atoms with Crippen LogP contribution in [0.25, 0.3) is 0 Å². The van der Waals surface area contributed by atoms with Gasteiger partial charge in [0.25, 0.3) is 0 Å². The van der Waals surface area contributed by atoms with Gasteiger partial charge in [-0.2, -0.15) is 0 Å². The molecule has 1 aliphatic heterocycles. The first-order valence-corrected chi connectivity index (χ1v) is 5.67. The molecule has 2 N–H and O–H groups in total. The van der Waals surface area contributed by atoms with Crippen molar-refractivity contribution in [2.45, 2.75) is 39.3 Å². The molecule has 1 fully saturated rings. The molecule has 2 atom stereocenters. The molecule has 1 rings (SSSR count). The Bertz CT molecular complexity index is 219. The van der Waals surface area contributed by atoms with Gasteiger partial charge in [0.1, 0.15) is 6.61 Å². The third-order valence-corrected chi connectivity index (χ3v) is 2.98. The van der Waals surface area contributed by atoms with Crippen LogP contribution in [0.5, 0.6) is 0 Å². The van der Waals surface area contributed by atoms with Crippen molar-refractivity contribution < 1.29 is 9.53 Å². The maximum atomic E-state index is 11.8. The fourth-order valence-corrected chi connectivity index (χ4v) is 2.00. The molecule has 0 aromatic heterocycles. The predicted octanol–water partition coefficient (Wildman–Crippen LogP) is 0.607. The van der Waals surface area contributed by atoms with Crippen LogP contribution in [0.4, 0.5) is 0 Å².